The van der Waals surface area contributed by atoms with Crippen molar-refractivity contribution in [2.45, 2.75) is 6.54 Å². The molecule has 3 aromatic rings. The van der Waals surface area contributed by atoms with Gasteiger partial charge in [0, 0.05) is 37.8 Å². The summed E-state index contributed by atoms with van der Waals surface area (Å²) in [4.78, 5) is 6.61. The van der Waals surface area contributed by atoms with Gasteiger partial charge in [-0.15, -0.1) is 0 Å². The first-order valence-electron chi connectivity index (χ1n) is 6.49. The van der Waals surface area contributed by atoms with Crippen molar-refractivity contribution in [2.24, 2.45) is 5.73 Å². The minimum atomic E-state index is 0.509. The molecule has 0 aliphatic heterocycles. The Hall–Kier alpha value is -2.40. The highest BCUT2D eigenvalue weighted by Crippen LogP contribution is 2.34. The third-order valence-electron chi connectivity index (χ3n) is 3.38. The van der Waals surface area contributed by atoms with E-state index in [4.69, 9.17) is 5.73 Å². The number of aromatic nitrogens is 3. The van der Waals surface area contributed by atoms with E-state index in [0.717, 1.165) is 33.4 Å². The lowest BCUT2D eigenvalue weighted by Crippen LogP contribution is -2.10. The largest absolute Gasteiger partial charge is 0.377 e. The fourth-order valence-corrected chi connectivity index (χ4v) is 2.40. The van der Waals surface area contributed by atoms with Crippen molar-refractivity contribution < 1.29 is 0 Å². The average Bonchev–Trinajstić information content (AvgIpc) is 2.94. The summed E-state index contributed by atoms with van der Waals surface area (Å²) in [6.07, 6.45) is 3.68. The van der Waals surface area contributed by atoms with E-state index in [1.54, 1.807) is 0 Å². The van der Waals surface area contributed by atoms with Crippen molar-refractivity contribution in [3.63, 3.8) is 0 Å². The highest BCUT2D eigenvalue weighted by Gasteiger charge is 2.13. The number of H-pyrrole nitrogens is 1. The third kappa shape index (κ3) is 2.02. The minimum Gasteiger partial charge on any atom is -0.377 e. The van der Waals surface area contributed by atoms with Crippen molar-refractivity contribution in [1.82, 2.24) is 15.2 Å². The maximum absolute atomic E-state index is 5.62. The van der Waals surface area contributed by atoms with Crippen LogP contribution in [-0.4, -0.2) is 29.3 Å². The molecule has 0 bridgehead atoms. The SMILES string of the molecule is CN(C)c1c(-c2ccc(CN)cn2)ccc2[nH]ncc12. The van der Waals surface area contributed by atoms with Gasteiger partial charge in [0.05, 0.1) is 23.1 Å². The van der Waals surface area contributed by atoms with Crippen LogP contribution in [0, 0.1) is 0 Å². The van der Waals surface area contributed by atoms with Crippen LogP contribution in [0.5, 0.6) is 0 Å². The van der Waals surface area contributed by atoms with Crippen molar-refractivity contribution in [1.29, 1.82) is 0 Å². The van der Waals surface area contributed by atoms with Crippen LogP contribution < -0.4 is 10.6 Å². The molecule has 0 saturated carbocycles. The van der Waals surface area contributed by atoms with Gasteiger partial charge in [0.15, 0.2) is 0 Å². The molecule has 2 aromatic heterocycles. The number of hydrogen-bond acceptors (Lipinski definition) is 4. The first kappa shape index (κ1) is 12.6. The second kappa shape index (κ2) is 4.94. The molecule has 2 heterocycles. The molecule has 0 amide bonds. The molecule has 0 saturated heterocycles. The lowest BCUT2D eigenvalue weighted by Gasteiger charge is -2.18. The summed E-state index contributed by atoms with van der Waals surface area (Å²) < 4.78 is 0. The predicted molar refractivity (Wildman–Crippen MR) is 81.5 cm³/mol. The minimum absolute atomic E-state index is 0.509. The van der Waals surface area contributed by atoms with Gasteiger partial charge in [-0.1, -0.05) is 6.07 Å². The van der Waals surface area contributed by atoms with Crippen LogP contribution >= 0.6 is 0 Å². The quantitative estimate of drug-likeness (QED) is 0.762. The summed E-state index contributed by atoms with van der Waals surface area (Å²) in [6.45, 7) is 0.509. The summed E-state index contributed by atoms with van der Waals surface area (Å²) in [5, 5.41) is 8.21. The Bertz CT molecular complexity index is 728. The van der Waals surface area contributed by atoms with Crippen LogP contribution in [0.15, 0.2) is 36.7 Å². The van der Waals surface area contributed by atoms with E-state index in [1.165, 1.54) is 0 Å². The molecule has 0 radical (unpaired) electrons. The molecule has 5 nitrogen and oxygen atoms in total. The molecule has 0 aliphatic rings. The summed E-state index contributed by atoms with van der Waals surface area (Å²) in [7, 11) is 4.05. The zero-order valence-electron chi connectivity index (χ0n) is 11.6. The first-order valence-corrected chi connectivity index (χ1v) is 6.49. The van der Waals surface area contributed by atoms with E-state index in [2.05, 4.69) is 26.1 Å². The van der Waals surface area contributed by atoms with Crippen LogP contribution in [0.2, 0.25) is 0 Å². The van der Waals surface area contributed by atoms with Crippen molar-refractivity contribution >= 4 is 16.6 Å². The molecule has 0 unspecified atom stereocenters. The number of nitrogens with zero attached hydrogens (tertiary/aromatic N) is 3. The van der Waals surface area contributed by atoms with Crippen LogP contribution in [0.25, 0.3) is 22.2 Å². The van der Waals surface area contributed by atoms with Crippen LogP contribution in [0.4, 0.5) is 5.69 Å². The number of rotatable bonds is 3. The number of hydrogen-bond donors (Lipinski definition) is 2. The molecule has 3 rings (SSSR count). The molecule has 20 heavy (non-hydrogen) atoms. The van der Waals surface area contributed by atoms with Crippen LogP contribution in [0.3, 0.4) is 0 Å². The van der Waals surface area contributed by atoms with Crippen molar-refractivity contribution in [3.8, 4) is 11.3 Å². The zero-order chi connectivity index (χ0) is 14.1. The van der Waals surface area contributed by atoms with Gasteiger partial charge in [-0.25, -0.2) is 0 Å². The normalized spacial score (nSPS) is 10.9. The molecule has 1 aromatic carbocycles. The number of aromatic amines is 1. The molecule has 5 heteroatoms. The molecule has 3 N–H and O–H groups in total. The predicted octanol–water partition coefficient (Wildman–Crippen LogP) is 2.15. The van der Waals surface area contributed by atoms with Crippen LogP contribution in [-0.2, 0) is 6.54 Å². The highest BCUT2D eigenvalue weighted by atomic mass is 15.1. The number of anilines is 1. The Kier molecular flexibility index (Phi) is 3.12. The van der Waals surface area contributed by atoms with Gasteiger partial charge < -0.3 is 10.6 Å². The Balaban J connectivity index is 2.21. The van der Waals surface area contributed by atoms with Gasteiger partial charge in [0.25, 0.3) is 0 Å². The topological polar surface area (TPSA) is 70.8 Å². The van der Waals surface area contributed by atoms with E-state index in [0.29, 0.717) is 6.54 Å². The number of nitrogens with one attached hydrogen (secondary N) is 1. The summed E-state index contributed by atoms with van der Waals surface area (Å²) in [6, 6.07) is 8.13. The van der Waals surface area contributed by atoms with Gasteiger partial charge in [-0.05, 0) is 23.8 Å². The molecule has 0 aliphatic carbocycles. The average molecular weight is 267 g/mol. The second-order valence-corrected chi connectivity index (χ2v) is 4.94. The Morgan fingerprint density at radius 3 is 2.65 bits per heavy atom. The summed E-state index contributed by atoms with van der Waals surface area (Å²) in [5.41, 5.74) is 10.8. The summed E-state index contributed by atoms with van der Waals surface area (Å²) >= 11 is 0. The van der Waals surface area contributed by atoms with Crippen molar-refractivity contribution in [2.75, 3.05) is 19.0 Å². The molecular weight excluding hydrogens is 250 g/mol. The fraction of sp³-hybridized carbons (Fsp3) is 0.200. The Morgan fingerprint density at radius 1 is 1.15 bits per heavy atom. The maximum Gasteiger partial charge on any atom is 0.0723 e. The van der Waals surface area contributed by atoms with E-state index in [-0.39, 0.29) is 0 Å². The maximum atomic E-state index is 5.62. The monoisotopic (exact) mass is 267 g/mol. The standard InChI is InChI=1S/C15H17N5/c1-20(2)15-11(4-6-14-12(15)9-18-19-14)13-5-3-10(7-16)8-17-13/h3-6,8-9H,7,16H2,1-2H3,(H,18,19). The van der Waals surface area contributed by atoms with Gasteiger partial charge >= 0.3 is 0 Å². The van der Waals surface area contributed by atoms with Crippen molar-refractivity contribution in [3.05, 3.63) is 42.2 Å². The fourth-order valence-electron chi connectivity index (χ4n) is 2.40. The van der Waals surface area contributed by atoms with E-state index in [9.17, 15) is 0 Å². The Labute approximate surface area is 117 Å². The first-order chi connectivity index (χ1) is 9.70. The summed E-state index contributed by atoms with van der Waals surface area (Å²) in [5.74, 6) is 0. The lowest BCUT2D eigenvalue weighted by atomic mass is 10.0. The Morgan fingerprint density at radius 2 is 2.00 bits per heavy atom. The lowest BCUT2D eigenvalue weighted by molar-refractivity contribution is 1.05. The van der Waals surface area contributed by atoms with Crippen LogP contribution in [0.1, 0.15) is 5.56 Å². The van der Waals surface area contributed by atoms with E-state index in [1.807, 2.05) is 44.7 Å². The molecule has 102 valence electrons. The second-order valence-electron chi connectivity index (χ2n) is 4.94. The number of fused-ring (bicyclic) bond motifs is 1. The van der Waals surface area contributed by atoms with Gasteiger partial charge in [0.2, 0.25) is 0 Å². The smallest absolute Gasteiger partial charge is 0.0723 e. The van der Waals surface area contributed by atoms with Gasteiger partial charge in [0.1, 0.15) is 0 Å². The molecule has 0 atom stereocenters. The molecule has 0 spiro atoms. The highest BCUT2D eigenvalue weighted by molar-refractivity contribution is 5.99. The number of benzene rings is 1. The molecular formula is C15H17N5. The molecule has 0 fully saturated rings. The zero-order valence-corrected chi connectivity index (χ0v) is 11.6. The van der Waals surface area contributed by atoms with E-state index < -0.39 is 0 Å². The van der Waals surface area contributed by atoms with Gasteiger partial charge in [-0.3, -0.25) is 10.1 Å². The van der Waals surface area contributed by atoms with Gasteiger partial charge in [-0.2, -0.15) is 5.10 Å². The van der Waals surface area contributed by atoms with E-state index >= 15 is 0 Å². The number of nitrogens with two attached hydrogens (primary N) is 1. The third-order valence-corrected chi connectivity index (χ3v) is 3.38. The number of pyridine rings is 1.